The molecule has 3 rings (SSSR count). The number of aromatic nitrogens is 1. The first-order valence-electron chi connectivity index (χ1n) is 9.73. The molecule has 29 heavy (non-hydrogen) atoms. The van der Waals surface area contributed by atoms with Crippen LogP contribution in [0.15, 0.2) is 23.1 Å². The number of carbonyl (C=O) groups excluding carboxylic acids is 1. The van der Waals surface area contributed by atoms with E-state index in [1.54, 1.807) is 30.7 Å². The first-order valence-corrected chi connectivity index (χ1v) is 9.73. The minimum Gasteiger partial charge on any atom is -0.496 e. The number of hydrogen-bond donors (Lipinski definition) is 0. The molecule has 1 fully saturated rings. The molecule has 0 unspecified atom stereocenters. The molecule has 7 heteroatoms. The third kappa shape index (κ3) is 4.15. The number of ether oxygens (including phenoxy) is 2. The number of nitrogens with zero attached hydrogens (tertiary/aromatic N) is 3. The van der Waals surface area contributed by atoms with Crippen LogP contribution >= 0.6 is 0 Å². The second-order valence-electron chi connectivity index (χ2n) is 7.49. The predicted octanol–water partition coefficient (Wildman–Crippen LogP) is 1.96. The molecule has 156 valence electrons. The van der Waals surface area contributed by atoms with Crippen molar-refractivity contribution in [2.45, 2.75) is 20.4 Å². The normalized spacial score (nSPS) is 14.7. The molecule has 0 N–H and O–H groups in total. The molecule has 1 aromatic heterocycles. The average Bonchev–Trinajstić information content (AvgIpc) is 2.75. The Morgan fingerprint density at radius 3 is 2.10 bits per heavy atom. The van der Waals surface area contributed by atoms with Crippen molar-refractivity contribution in [3.8, 4) is 22.6 Å². The maximum absolute atomic E-state index is 12.2. The van der Waals surface area contributed by atoms with Gasteiger partial charge in [0.25, 0.3) is 5.56 Å². The molecule has 1 amide bonds. The molecule has 0 radical (unpaired) electrons. The van der Waals surface area contributed by atoms with Crippen LogP contribution in [0, 0.1) is 13.8 Å². The van der Waals surface area contributed by atoms with Crippen molar-refractivity contribution in [2.75, 3.05) is 40.4 Å². The lowest BCUT2D eigenvalue weighted by atomic mass is 9.97. The topological polar surface area (TPSA) is 64.0 Å². The van der Waals surface area contributed by atoms with Gasteiger partial charge in [0.2, 0.25) is 6.41 Å². The number of methoxy groups -OCH3 is 2. The molecular formula is C22H29N3O4. The summed E-state index contributed by atoms with van der Waals surface area (Å²) >= 11 is 0. The molecule has 2 aromatic rings. The molecule has 0 saturated carbocycles. The van der Waals surface area contributed by atoms with Gasteiger partial charge in [0.05, 0.1) is 19.8 Å². The van der Waals surface area contributed by atoms with Gasteiger partial charge in [-0.1, -0.05) is 0 Å². The summed E-state index contributed by atoms with van der Waals surface area (Å²) < 4.78 is 13.0. The van der Waals surface area contributed by atoms with Crippen molar-refractivity contribution in [3.05, 3.63) is 45.4 Å². The Labute approximate surface area is 171 Å². The zero-order valence-electron chi connectivity index (χ0n) is 17.8. The lowest BCUT2D eigenvalue weighted by Crippen LogP contribution is -2.45. The second kappa shape index (κ2) is 8.69. The largest absolute Gasteiger partial charge is 0.496 e. The summed E-state index contributed by atoms with van der Waals surface area (Å²) in [5, 5.41) is 0. The van der Waals surface area contributed by atoms with Crippen LogP contribution in [0.2, 0.25) is 0 Å². The van der Waals surface area contributed by atoms with Gasteiger partial charge >= 0.3 is 0 Å². The van der Waals surface area contributed by atoms with Gasteiger partial charge in [-0.3, -0.25) is 14.5 Å². The van der Waals surface area contributed by atoms with Crippen LogP contribution in [0.5, 0.6) is 11.5 Å². The van der Waals surface area contributed by atoms with E-state index < -0.39 is 0 Å². The molecule has 0 atom stereocenters. The molecule has 1 aromatic carbocycles. The van der Waals surface area contributed by atoms with Gasteiger partial charge in [0.15, 0.2) is 0 Å². The Hall–Kier alpha value is -2.80. The first kappa shape index (κ1) is 20.9. The number of piperazine rings is 1. The molecule has 0 spiro atoms. The summed E-state index contributed by atoms with van der Waals surface area (Å²) in [6.07, 6.45) is 2.77. The third-order valence-electron chi connectivity index (χ3n) is 5.79. The summed E-state index contributed by atoms with van der Waals surface area (Å²) in [5.74, 6) is 1.51. The van der Waals surface area contributed by atoms with Crippen molar-refractivity contribution < 1.29 is 14.3 Å². The number of carbonyl (C=O) groups is 1. The highest BCUT2D eigenvalue weighted by Crippen LogP contribution is 2.37. The van der Waals surface area contributed by atoms with E-state index in [2.05, 4.69) is 4.90 Å². The van der Waals surface area contributed by atoms with Gasteiger partial charge in [-0.15, -0.1) is 0 Å². The minimum absolute atomic E-state index is 0.0104. The lowest BCUT2D eigenvalue weighted by Gasteiger charge is -2.33. The Balaban J connectivity index is 2.00. The Kier molecular flexibility index (Phi) is 6.27. The fourth-order valence-electron chi connectivity index (χ4n) is 3.81. The molecule has 0 bridgehead atoms. The van der Waals surface area contributed by atoms with E-state index in [0.29, 0.717) is 6.54 Å². The van der Waals surface area contributed by atoms with Gasteiger partial charge in [-0.25, -0.2) is 0 Å². The van der Waals surface area contributed by atoms with Crippen molar-refractivity contribution >= 4 is 6.41 Å². The fourth-order valence-corrected chi connectivity index (χ4v) is 3.81. The lowest BCUT2D eigenvalue weighted by molar-refractivity contribution is -0.119. The van der Waals surface area contributed by atoms with E-state index in [1.807, 2.05) is 32.2 Å². The number of hydrogen-bond acceptors (Lipinski definition) is 5. The Morgan fingerprint density at radius 1 is 1.00 bits per heavy atom. The number of pyridine rings is 1. The van der Waals surface area contributed by atoms with Crippen LogP contribution in [0.25, 0.3) is 11.1 Å². The molecule has 1 aliphatic rings. The monoisotopic (exact) mass is 399 g/mol. The van der Waals surface area contributed by atoms with Gasteiger partial charge in [0.1, 0.15) is 11.5 Å². The summed E-state index contributed by atoms with van der Waals surface area (Å²) in [6, 6.07) is 4.01. The maximum atomic E-state index is 12.2. The zero-order valence-corrected chi connectivity index (χ0v) is 17.8. The fraction of sp³-hybridized carbons (Fsp3) is 0.455. The predicted molar refractivity (Wildman–Crippen MR) is 113 cm³/mol. The second-order valence-corrected chi connectivity index (χ2v) is 7.49. The smallest absolute Gasteiger partial charge is 0.253 e. The van der Waals surface area contributed by atoms with Crippen LogP contribution in [-0.4, -0.2) is 61.2 Å². The van der Waals surface area contributed by atoms with E-state index in [0.717, 1.165) is 71.9 Å². The van der Waals surface area contributed by atoms with Crippen LogP contribution in [-0.2, 0) is 18.4 Å². The van der Waals surface area contributed by atoms with Gasteiger partial charge < -0.3 is 18.9 Å². The zero-order chi connectivity index (χ0) is 21.1. The molecule has 2 heterocycles. The number of rotatable bonds is 6. The van der Waals surface area contributed by atoms with Gasteiger partial charge in [0, 0.05) is 57.1 Å². The van der Waals surface area contributed by atoms with E-state index >= 15 is 0 Å². The number of aryl methyl sites for hydroxylation is 1. The summed E-state index contributed by atoms with van der Waals surface area (Å²) in [6.45, 7) is 7.57. The van der Waals surface area contributed by atoms with Gasteiger partial charge in [-0.05, 0) is 37.1 Å². The molecular weight excluding hydrogens is 370 g/mol. The van der Waals surface area contributed by atoms with Gasteiger partial charge in [-0.2, -0.15) is 0 Å². The van der Waals surface area contributed by atoms with Crippen LogP contribution in [0.1, 0.15) is 16.7 Å². The molecule has 7 nitrogen and oxygen atoms in total. The SMILES string of the molecule is COc1cc(-c2cn(C)c(=O)c(C)c2C)cc(OC)c1CN1CCN(C=O)CC1. The van der Waals surface area contributed by atoms with Crippen molar-refractivity contribution in [1.82, 2.24) is 14.4 Å². The standard InChI is InChI=1S/C22H29N3O4/c1-15-16(2)22(27)23(3)12-18(15)17-10-20(28-4)19(21(11-17)29-5)13-24-6-8-25(14-26)9-7-24/h10-12,14H,6-9,13H2,1-5H3. The summed E-state index contributed by atoms with van der Waals surface area (Å²) in [5.41, 5.74) is 4.61. The van der Waals surface area contributed by atoms with Crippen molar-refractivity contribution in [3.63, 3.8) is 0 Å². The molecule has 1 aliphatic heterocycles. The van der Waals surface area contributed by atoms with E-state index in [4.69, 9.17) is 9.47 Å². The highest BCUT2D eigenvalue weighted by atomic mass is 16.5. The summed E-state index contributed by atoms with van der Waals surface area (Å²) in [7, 11) is 5.08. The Bertz CT molecular complexity index is 934. The third-order valence-corrected chi connectivity index (χ3v) is 5.79. The first-order chi connectivity index (χ1) is 13.9. The highest BCUT2D eigenvalue weighted by molar-refractivity contribution is 5.72. The molecule has 0 aliphatic carbocycles. The van der Waals surface area contributed by atoms with Crippen LogP contribution in [0.3, 0.4) is 0 Å². The number of amides is 1. The summed E-state index contributed by atoms with van der Waals surface area (Å²) in [4.78, 5) is 27.2. The minimum atomic E-state index is 0.0104. The Morgan fingerprint density at radius 2 is 1.59 bits per heavy atom. The average molecular weight is 399 g/mol. The van der Waals surface area contributed by atoms with Crippen molar-refractivity contribution in [1.29, 1.82) is 0 Å². The molecule has 1 saturated heterocycles. The van der Waals surface area contributed by atoms with Crippen LogP contribution < -0.4 is 15.0 Å². The van der Waals surface area contributed by atoms with Crippen molar-refractivity contribution in [2.24, 2.45) is 7.05 Å². The quantitative estimate of drug-likeness (QED) is 0.695. The highest BCUT2D eigenvalue weighted by Gasteiger charge is 2.21. The van der Waals surface area contributed by atoms with E-state index in [1.165, 1.54) is 0 Å². The maximum Gasteiger partial charge on any atom is 0.253 e. The van der Waals surface area contributed by atoms with E-state index in [9.17, 15) is 9.59 Å². The number of benzene rings is 1. The van der Waals surface area contributed by atoms with E-state index in [-0.39, 0.29) is 5.56 Å². The van der Waals surface area contributed by atoms with Crippen LogP contribution in [0.4, 0.5) is 0 Å².